The van der Waals surface area contributed by atoms with Crippen molar-refractivity contribution >= 4 is 5.69 Å². The smallest absolute Gasteiger partial charge is 0.125 e. The molecule has 2 rings (SSSR count). The topological polar surface area (TPSA) is 29.3 Å². The van der Waals surface area contributed by atoms with Crippen LogP contribution in [0.3, 0.4) is 0 Å². The first-order valence-electron chi connectivity index (χ1n) is 6.82. The number of hydrogen-bond acceptors (Lipinski definition) is 2. The van der Waals surface area contributed by atoms with E-state index in [1.54, 1.807) is 6.07 Å². The molecule has 0 amide bonds. The van der Waals surface area contributed by atoms with E-state index in [0.29, 0.717) is 12.6 Å². The van der Waals surface area contributed by atoms with Crippen LogP contribution in [-0.4, -0.2) is 13.1 Å². The van der Waals surface area contributed by atoms with Gasteiger partial charge in [0.1, 0.15) is 5.82 Å². The minimum Gasteiger partial charge on any atom is -0.372 e. The normalized spacial score (nSPS) is 24.0. The predicted octanol–water partition coefficient (Wildman–Crippen LogP) is 3.30. The van der Waals surface area contributed by atoms with Crippen molar-refractivity contribution in [3.8, 4) is 0 Å². The Morgan fingerprint density at radius 3 is 2.50 bits per heavy atom. The maximum Gasteiger partial charge on any atom is 0.125 e. The van der Waals surface area contributed by atoms with E-state index in [-0.39, 0.29) is 5.82 Å². The molecule has 0 bridgehead atoms. The zero-order chi connectivity index (χ0) is 13.1. The monoisotopic (exact) mass is 250 g/mol. The van der Waals surface area contributed by atoms with E-state index in [0.717, 1.165) is 17.2 Å². The Hall–Kier alpha value is -1.09. The first kappa shape index (κ1) is 13.3. The Labute approximate surface area is 109 Å². The molecule has 0 saturated heterocycles. The third-order valence-corrected chi connectivity index (χ3v) is 4.12. The van der Waals surface area contributed by atoms with Crippen molar-refractivity contribution in [2.24, 2.45) is 11.7 Å². The van der Waals surface area contributed by atoms with Gasteiger partial charge in [-0.1, -0.05) is 6.92 Å². The Bertz CT molecular complexity index is 397. The molecule has 0 radical (unpaired) electrons. The van der Waals surface area contributed by atoms with Crippen molar-refractivity contribution < 1.29 is 4.39 Å². The van der Waals surface area contributed by atoms with Gasteiger partial charge >= 0.3 is 0 Å². The minimum absolute atomic E-state index is 0.191. The SMILES string of the molecule is CC1CCC(N(C)c2cc(F)cc(CN)c2)CC1. The molecule has 2 N–H and O–H groups in total. The highest BCUT2D eigenvalue weighted by atomic mass is 19.1. The van der Waals surface area contributed by atoms with E-state index < -0.39 is 0 Å². The molecule has 0 aromatic heterocycles. The van der Waals surface area contributed by atoms with Crippen LogP contribution in [0.1, 0.15) is 38.2 Å². The highest BCUT2D eigenvalue weighted by Crippen LogP contribution is 2.30. The molecule has 0 unspecified atom stereocenters. The molecule has 18 heavy (non-hydrogen) atoms. The van der Waals surface area contributed by atoms with Gasteiger partial charge in [0.05, 0.1) is 0 Å². The van der Waals surface area contributed by atoms with Gasteiger partial charge in [-0.05, 0) is 55.4 Å². The predicted molar refractivity (Wildman–Crippen MR) is 74.1 cm³/mol. The fourth-order valence-electron chi connectivity index (χ4n) is 2.80. The highest BCUT2D eigenvalue weighted by Gasteiger charge is 2.22. The van der Waals surface area contributed by atoms with Crippen LogP contribution in [0.25, 0.3) is 0 Å². The maximum absolute atomic E-state index is 13.5. The van der Waals surface area contributed by atoms with Crippen molar-refractivity contribution in [3.05, 3.63) is 29.6 Å². The van der Waals surface area contributed by atoms with Crippen molar-refractivity contribution in [2.75, 3.05) is 11.9 Å². The molecule has 100 valence electrons. The minimum atomic E-state index is -0.191. The summed E-state index contributed by atoms with van der Waals surface area (Å²) >= 11 is 0. The molecule has 2 nitrogen and oxygen atoms in total. The molecule has 0 atom stereocenters. The number of rotatable bonds is 3. The average molecular weight is 250 g/mol. The number of hydrogen-bond donors (Lipinski definition) is 1. The lowest BCUT2D eigenvalue weighted by Crippen LogP contribution is -2.34. The van der Waals surface area contributed by atoms with Crippen molar-refractivity contribution in [1.82, 2.24) is 0 Å². The molecule has 0 aliphatic heterocycles. The number of anilines is 1. The van der Waals surface area contributed by atoms with Crippen molar-refractivity contribution in [3.63, 3.8) is 0 Å². The van der Waals surface area contributed by atoms with Gasteiger partial charge in [-0.3, -0.25) is 0 Å². The third kappa shape index (κ3) is 3.02. The van der Waals surface area contributed by atoms with Crippen LogP contribution >= 0.6 is 0 Å². The summed E-state index contributed by atoms with van der Waals surface area (Å²) in [5, 5.41) is 0. The van der Waals surface area contributed by atoms with Crippen LogP contribution in [0.2, 0.25) is 0 Å². The lowest BCUT2D eigenvalue weighted by Gasteiger charge is -2.35. The number of halogens is 1. The number of nitrogens with two attached hydrogens (primary N) is 1. The van der Waals surface area contributed by atoms with Gasteiger partial charge in [0.25, 0.3) is 0 Å². The first-order chi connectivity index (χ1) is 8.60. The summed E-state index contributed by atoms with van der Waals surface area (Å²) < 4.78 is 13.5. The first-order valence-corrected chi connectivity index (χ1v) is 6.82. The lowest BCUT2D eigenvalue weighted by molar-refractivity contribution is 0.340. The lowest BCUT2D eigenvalue weighted by atomic mass is 9.86. The molecule has 1 aromatic carbocycles. The number of nitrogens with zero attached hydrogens (tertiary/aromatic N) is 1. The van der Waals surface area contributed by atoms with Crippen molar-refractivity contribution in [2.45, 2.75) is 45.2 Å². The van der Waals surface area contributed by atoms with Crippen LogP contribution in [0, 0.1) is 11.7 Å². The van der Waals surface area contributed by atoms with Crippen LogP contribution in [0.4, 0.5) is 10.1 Å². The zero-order valence-corrected chi connectivity index (χ0v) is 11.3. The van der Waals surface area contributed by atoms with Crippen LogP contribution in [-0.2, 0) is 6.54 Å². The third-order valence-electron chi connectivity index (χ3n) is 4.12. The summed E-state index contributed by atoms with van der Waals surface area (Å²) in [6.45, 7) is 2.70. The molecule has 0 heterocycles. The van der Waals surface area contributed by atoms with Gasteiger partial charge in [-0.2, -0.15) is 0 Å². The molecular weight excluding hydrogens is 227 g/mol. The standard InChI is InChI=1S/C15H23FN2/c1-11-3-5-14(6-4-11)18(2)15-8-12(10-17)7-13(16)9-15/h7-9,11,14H,3-6,10,17H2,1-2H3. The second kappa shape index (κ2) is 5.70. The summed E-state index contributed by atoms with van der Waals surface area (Å²) in [4.78, 5) is 2.22. The van der Waals surface area contributed by atoms with Crippen molar-refractivity contribution in [1.29, 1.82) is 0 Å². The molecule has 1 aromatic rings. The fourth-order valence-corrected chi connectivity index (χ4v) is 2.80. The van der Waals surface area contributed by atoms with Crippen LogP contribution < -0.4 is 10.6 Å². The molecular formula is C15H23FN2. The Morgan fingerprint density at radius 1 is 1.22 bits per heavy atom. The van der Waals surface area contributed by atoms with Gasteiger partial charge in [-0.25, -0.2) is 4.39 Å². The van der Waals surface area contributed by atoms with E-state index in [1.165, 1.54) is 31.7 Å². The van der Waals surface area contributed by atoms with E-state index in [1.807, 2.05) is 6.07 Å². The summed E-state index contributed by atoms with van der Waals surface area (Å²) in [7, 11) is 2.07. The van der Waals surface area contributed by atoms with Gasteiger partial charge in [-0.15, -0.1) is 0 Å². The highest BCUT2D eigenvalue weighted by molar-refractivity contribution is 5.49. The van der Waals surface area contributed by atoms with E-state index in [9.17, 15) is 4.39 Å². The second-order valence-corrected chi connectivity index (χ2v) is 5.55. The quantitative estimate of drug-likeness (QED) is 0.892. The molecule has 0 spiro atoms. The largest absolute Gasteiger partial charge is 0.372 e. The van der Waals surface area contributed by atoms with Gasteiger partial charge in [0.2, 0.25) is 0 Å². The van der Waals surface area contributed by atoms with E-state index in [2.05, 4.69) is 18.9 Å². The van der Waals surface area contributed by atoms with Gasteiger partial charge < -0.3 is 10.6 Å². The van der Waals surface area contributed by atoms with Crippen LogP contribution in [0.5, 0.6) is 0 Å². The van der Waals surface area contributed by atoms with E-state index in [4.69, 9.17) is 5.73 Å². The average Bonchev–Trinajstić information content (AvgIpc) is 2.38. The van der Waals surface area contributed by atoms with Gasteiger partial charge in [0.15, 0.2) is 0 Å². The maximum atomic E-state index is 13.5. The molecule has 1 fully saturated rings. The zero-order valence-electron chi connectivity index (χ0n) is 11.3. The summed E-state index contributed by atoms with van der Waals surface area (Å²) in [5.41, 5.74) is 7.41. The second-order valence-electron chi connectivity index (χ2n) is 5.55. The Balaban J connectivity index is 2.12. The Morgan fingerprint density at radius 2 is 1.89 bits per heavy atom. The Kier molecular flexibility index (Phi) is 4.23. The summed E-state index contributed by atoms with van der Waals surface area (Å²) in [6.07, 6.45) is 4.94. The fraction of sp³-hybridized carbons (Fsp3) is 0.600. The molecule has 3 heteroatoms. The summed E-state index contributed by atoms with van der Waals surface area (Å²) in [6, 6.07) is 5.66. The van der Waals surface area contributed by atoms with Gasteiger partial charge in [0, 0.05) is 25.3 Å². The molecule has 1 saturated carbocycles. The van der Waals surface area contributed by atoms with Crippen LogP contribution in [0.15, 0.2) is 18.2 Å². The molecule has 1 aliphatic rings. The van der Waals surface area contributed by atoms with E-state index >= 15 is 0 Å². The molecule has 1 aliphatic carbocycles. The number of benzene rings is 1. The summed E-state index contributed by atoms with van der Waals surface area (Å²) in [5.74, 6) is 0.644.